The molecule has 3 aromatic rings. The molecule has 1 aliphatic rings. The van der Waals surface area contributed by atoms with Crippen LogP contribution in [-0.4, -0.2) is 41.0 Å². The van der Waals surface area contributed by atoms with E-state index in [-0.39, 0.29) is 41.0 Å². The summed E-state index contributed by atoms with van der Waals surface area (Å²) in [6.07, 6.45) is 1.41. The third kappa shape index (κ3) is 4.88. The number of anilines is 1. The highest BCUT2D eigenvalue weighted by molar-refractivity contribution is 7.99. The van der Waals surface area contributed by atoms with Gasteiger partial charge < -0.3 is 28.9 Å². The van der Waals surface area contributed by atoms with E-state index in [1.807, 2.05) is 0 Å². The van der Waals surface area contributed by atoms with Crippen LogP contribution in [0.4, 0.5) is 5.69 Å². The number of furan rings is 1. The highest BCUT2D eigenvalue weighted by Gasteiger charge is 2.15. The van der Waals surface area contributed by atoms with Crippen LogP contribution in [0.3, 0.4) is 0 Å². The van der Waals surface area contributed by atoms with E-state index in [0.29, 0.717) is 30.4 Å². The van der Waals surface area contributed by atoms with Crippen LogP contribution in [0.5, 0.6) is 11.5 Å². The lowest BCUT2D eigenvalue weighted by Gasteiger charge is -2.18. The van der Waals surface area contributed by atoms with Crippen molar-refractivity contribution < 1.29 is 27.9 Å². The van der Waals surface area contributed by atoms with Crippen molar-refractivity contribution in [3.8, 4) is 11.5 Å². The minimum atomic E-state index is -0.388. The highest BCUT2D eigenvalue weighted by atomic mass is 32.2. The number of amides is 2. The molecule has 150 valence electrons. The zero-order valence-electron chi connectivity index (χ0n) is 15.0. The molecule has 3 heterocycles. The van der Waals surface area contributed by atoms with E-state index in [0.717, 1.165) is 11.8 Å². The topological polar surface area (TPSA) is 129 Å². The van der Waals surface area contributed by atoms with E-state index in [4.69, 9.17) is 18.3 Å². The van der Waals surface area contributed by atoms with E-state index in [1.165, 1.54) is 6.26 Å². The fraction of sp³-hybridized carbons (Fsp3) is 0.222. The molecule has 1 aliphatic heterocycles. The van der Waals surface area contributed by atoms with Crippen molar-refractivity contribution in [1.29, 1.82) is 0 Å². The van der Waals surface area contributed by atoms with Crippen LogP contribution in [0.15, 0.2) is 50.7 Å². The van der Waals surface area contributed by atoms with Gasteiger partial charge in [-0.3, -0.25) is 9.59 Å². The number of hydrogen-bond acceptors (Lipinski definition) is 9. The first-order valence-corrected chi connectivity index (χ1v) is 9.62. The van der Waals surface area contributed by atoms with Crippen molar-refractivity contribution in [1.82, 2.24) is 15.5 Å². The summed E-state index contributed by atoms with van der Waals surface area (Å²) in [4.78, 5) is 23.9. The van der Waals surface area contributed by atoms with Crippen LogP contribution in [-0.2, 0) is 11.3 Å². The normalized spacial score (nSPS) is 12.4. The van der Waals surface area contributed by atoms with E-state index >= 15 is 0 Å². The number of hydrogen-bond donors (Lipinski definition) is 2. The van der Waals surface area contributed by atoms with Crippen molar-refractivity contribution in [2.75, 3.05) is 24.3 Å². The Hall–Kier alpha value is -3.47. The quantitative estimate of drug-likeness (QED) is 0.556. The third-order valence-corrected chi connectivity index (χ3v) is 4.56. The zero-order chi connectivity index (χ0) is 20.1. The Labute approximate surface area is 168 Å². The Morgan fingerprint density at radius 3 is 2.79 bits per heavy atom. The molecule has 29 heavy (non-hydrogen) atoms. The molecule has 0 fully saturated rings. The molecule has 0 atom stereocenters. The molecular weight excluding hydrogens is 400 g/mol. The SMILES string of the molecule is O=C(CSc1nnc(CNC(=O)c2ccco2)o1)Nc1ccc2c(c1)OCCO2. The van der Waals surface area contributed by atoms with Crippen LogP contribution in [0.1, 0.15) is 16.4 Å². The van der Waals surface area contributed by atoms with Gasteiger partial charge in [0.25, 0.3) is 11.1 Å². The van der Waals surface area contributed by atoms with Crippen molar-refractivity contribution in [2.24, 2.45) is 0 Å². The van der Waals surface area contributed by atoms with Crippen LogP contribution in [0.25, 0.3) is 0 Å². The number of thioether (sulfide) groups is 1. The molecule has 2 amide bonds. The zero-order valence-corrected chi connectivity index (χ0v) is 15.9. The summed E-state index contributed by atoms with van der Waals surface area (Å²) in [5.74, 6) is 1.11. The number of carbonyl (C=O) groups excluding carboxylic acids is 2. The molecule has 1 aromatic carbocycles. The van der Waals surface area contributed by atoms with E-state index in [1.54, 1.807) is 30.3 Å². The second kappa shape index (κ2) is 8.69. The predicted octanol–water partition coefficient (Wildman–Crippen LogP) is 2.09. The summed E-state index contributed by atoms with van der Waals surface area (Å²) in [7, 11) is 0. The molecule has 4 rings (SSSR count). The molecule has 0 unspecified atom stereocenters. The maximum atomic E-state index is 12.1. The molecular formula is C18H16N4O6S. The molecule has 0 bridgehead atoms. The number of fused-ring (bicyclic) bond motifs is 1. The minimum Gasteiger partial charge on any atom is -0.486 e. The molecule has 0 spiro atoms. The largest absolute Gasteiger partial charge is 0.486 e. The Bertz CT molecular complexity index is 1000. The smallest absolute Gasteiger partial charge is 0.287 e. The second-order valence-corrected chi connectivity index (χ2v) is 6.74. The van der Waals surface area contributed by atoms with Gasteiger partial charge in [-0.1, -0.05) is 11.8 Å². The minimum absolute atomic E-state index is 0.0521. The first kappa shape index (κ1) is 18.9. The van der Waals surface area contributed by atoms with Gasteiger partial charge in [0.15, 0.2) is 17.3 Å². The maximum absolute atomic E-state index is 12.1. The summed E-state index contributed by atoms with van der Waals surface area (Å²) in [6.45, 7) is 1.03. The van der Waals surface area contributed by atoms with Crippen molar-refractivity contribution >= 4 is 29.3 Å². The van der Waals surface area contributed by atoms with Gasteiger partial charge in [-0.2, -0.15) is 0 Å². The second-order valence-electron chi connectivity index (χ2n) is 5.82. The van der Waals surface area contributed by atoms with E-state index in [2.05, 4.69) is 20.8 Å². The number of carbonyl (C=O) groups is 2. The molecule has 11 heteroatoms. The predicted molar refractivity (Wildman–Crippen MR) is 101 cm³/mol. The van der Waals surface area contributed by atoms with Crippen LogP contribution in [0, 0.1) is 0 Å². The van der Waals surface area contributed by atoms with E-state index < -0.39 is 0 Å². The summed E-state index contributed by atoms with van der Waals surface area (Å²) < 4.78 is 21.3. The summed E-state index contributed by atoms with van der Waals surface area (Å²) in [5.41, 5.74) is 0.603. The fourth-order valence-electron chi connectivity index (χ4n) is 2.46. The lowest BCUT2D eigenvalue weighted by Crippen LogP contribution is -2.22. The number of rotatable bonds is 7. The number of nitrogens with zero attached hydrogens (tertiary/aromatic N) is 2. The van der Waals surface area contributed by atoms with Crippen LogP contribution >= 0.6 is 11.8 Å². The van der Waals surface area contributed by atoms with Crippen molar-refractivity contribution in [3.63, 3.8) is 0 Å². The number of aromatic nitrogens is 2. The van der Waals surface area contributed by atoms with Crippen molar-refractivity contribution in [3.05, 3.63) is 48.2 Å². The molecule has 0 saturated carbocycles. The molecule has 0 aliphatic carbocycles. The van der Waals surface area contributed by atoms with Gasteiger partial charge in [0.05, 0.1) is 18.6 Å². The first-order valence-electron chi connectivity index (χ1n) is 8.64. The standard InChI is InChI=1S/C18H16N4O6S/c23-15(20-11-3-4-12-14(8-11)27-7-6-26-12)10-29-18-22-21-16(28-18)9-19-17(24)13-2-1-5-25-13/h1-5,8H,6-7,9-10H2,(H,19,24)(H,20,23). The molecule has 0 radical (unpaired) electrons. The first-order chi connectivity index (χ1) is 14.2. The molecule has 0 saturated heterocycles. The lowest BCUT2D eigenvalue weighted by molar-refractivity contribution is -0.113. The molecule has 2 N–H and O–H groups in total. The number of nitrogens with one attached hydrogen (secondary N) is 2. The van der Waals surface area contributed by atoms with Gasteiger partial charge in [0, 0.05) is 11.8 Å². The summed E-state index contributed by atoms with van der Waals surface area (Å²) in [5, 5.41) is 13.3. The summed E-state index contributed by atoms with van der Waals surface area (Å²) in [6, 6.07) is 8.36. The monoisotopic (exact) mass is 416 g/mol. The summed E-state index contributed by atoms with van der Waals surface area (Å²) >= 11 is 1.09. The molecule has 2 aromatic heterocycles. The average Bonchev–Trinajstić information content (AvgIpc) is 3.43. The Morgan fingerprint density at radius 2 is 1.97 bits per heavy atom. The van der Waals surface area contributed by atoms with Gasteiger partial charge in [-0.15, -0.1) is 10.2 Å². The van der Waals surface area contributed by atoms with Gasteiger partial charge >= 0.3 is 0 Å². The van der Waals surface area contributed by atoms with Gasteiger partial charge in [0.1, 0.15) is 13.2 Å². The number of benzene rings is 1. The van der Waals surface area contributed by atoms with Gasteiger partial charge in [0.2, 0.25) is 11.8 Å². The maximum Gasteiger partial charge on any atom is 0.287 e. The Kier molecular flexibility index (Phi) is 5.66. The van der Waals surface area contributed by atoms with E-state index in [9.17, 15) is 9.59 Å². The fourth-order valence-corrected chi connectivity index (χ4v) is 3.04. The Balaban J connectivity index is 1.24. The average molecular weight is 416 g/mol. The Morgan fingerprint density at radius 1 is 1.10 bits per heavy atom. The van der Waals surface area contributed by atoms with Crippen molar-refractivity contribution in [2.45, 2.75) is 11.8 Å². The molecule has 10 nitrogen and oxygen atoms in total. The third-order valence-electron chi connectivity index (χ3n) is 3.75. The lowest BCUT2D eigenvalue weighted by atomic mass is 10.2. The van der Waals surface area contributed by atoms with Gasteiger partial charge in [-0.25, -0.2) is 0 Å². The highest BCUT2D eigenvalue weighted by Crippen LogP contribution is 2.32. The number of ether oxygens (including phenoxy) is 2. The van der Waals surface area contributed by atoms with Crippen LogP contribution < -0.4 is 20.1 Å². The van der Waals surface area contributed by atoms with Gasteiger partial charge in [-0.05, 0) is 24.3 Å². The van der Waals surface area contributed by atoms with Crippen LogP contribution in [0.2, 0.25) is 0 Å².